The molecule has 1 unspecified atom stereocenters. The van der Waals surface area contributed by atoms with Gasteiger partial charge in [0.2, 0.25) is 0 Å². The highest BCUT2D eigenvalue weighted by molar-refractivity contribution is 7.17. The largest absolute Gasteiger partial charge is 0.387 e. The zero-order valence-electron chi connectivity index (χ0n) is 13.5. The Morgan fingerprint density at radius 2 is 1.68 bits per heavy atom. The summed E-state index contributed by atoms with van der Waals surface area (Å²) in [6.45, 7) is 0.183. The fourth-order valence-electron chi connectivity index (χ4n) is 3.07. The number of amides is 1. The highest BCUT2D eigenvalue weighted by Gasteiger charge is 2.15. The molecule has 0 fully saturated rings. The Balaban J connectivity index is 1.53. The number of aliphatic hydroxyl groups is 1. The second kappa shape index (κ2) is 6.67. The van der Waals surface area contributed by atoms with Gasteiger partial charge in [-0.15, -0.1) is 11.3 Å². The van der Waals surface area contributed by atoms with Crippen LogP contribution in [0.25, 0.3) is 20.9 Å². The van der Waals surface area contributed by atoms with Crippen LogP contribution in [0.4, 0.5) is 0 Å². The summed E-state index contributed by atoms with van der Waals surface area (Å²) in [6, 6.07) is 21.4. The third-order valence-corrected chi connectivity index (χ3v) is 5.34. The molecule has 2 N–H and O–H groups in total. The van der Waals surface area contributed by atoms with E-state index in [0.717, 1.165) is 26.4 Å². The third-order valence-electron chi connectivity index (χ3n) is 4.36. The van der Waals surface area contributed by atoms with Gasteiger partial charge in [0.05, 0.1) is 6.10 Å². The third kappa shape index (κ3) is 3.02. The van der Waals surface area contributed by atoms with E-state index in [9.17, 15) is 9.90 Å². The molecule has 0 bridgehead atoms. The average molecular weight is 347 g/mol. The van der Waals surface area contributed by atoms with Gasteiger partial charge in [-0.3, -0.25) is 4.79 Å². The van der Waals surface area contributed by atoms with Crippen LogP contribution < -0.4 is 5.32 Å². The molecule has 1 aromatic heterocycles. The molecule has 1 heterocycles. The lowest BCUT2D eigenvalue weighted by molar-refractivity contribution is 0.0919. The van der Waals surface area contributed by atoms with E-state index in [1.165, 1.54) is 0 Å². The minimum absolute atomic E-state index is 0.171. The van der Waals surface area contributed by atoms with Gasteiger partial charge >= 0.3 is 0 Å². The van der Waals surface area contributed by atoms with Crippen LogP contribution in [-0.4, -0.2) is 17.6 Å². The summed E-state index contributed by atoms with van der Waals surface area (Å²) in [7, 11) is 0. The SMILES string of the molecule is O=C(NCC(O)c1csc2ccccc12)c1cccc2ccccc12. The van der Waals surface area contributed by atoms with Crippen LogP contribution in [-0.2, 0) is 0 Å². The van der Waals surface area contributed by atoms with E-state index in [4.69, 9.17) is 0 Å². The zero-order valence-corrected chi connectivity index (χ0v) is 14.3. The number of carbonyl (C=O) groups excluding carboxylic acids is 1. The summed E-state index contributed by atoms with van der Waals surface area (Å²) in [5.41, 5.74) is 1.49. The number of fused-ring (bicyclic) bond motifs is 2. The molecule has 3 nitrogen and oxygen atoms in total. The van der Waals surface area contributed by atoms with Crippen molar-refractivity contribution in [3.63, 3.8) is 0 Å². The maximum absolute atomic E-state index is 12.6. The Bertz CT molecular complexity index is 1050. The van der Waals surface area contributed by atoms with Crippen LogP contribution in [0.15, 0.2) is 72.1 Å². The number of rotatable bonds is 4. The molecule has 0 aliphatic carbocycles. The van der Waals surface area contributed by atoms with Crippen LogP contribution in [0.5, 0.6) is 0 Å². The van der Waals surface area contributed by atoms with E-state index >= 15 is 0 Å². The number of carbonyl (C=O) groups is 1. The van der Waals surface area contributed by atoms with E-state index in [1.54, 1.807) is 11.3 Å². The van der Waals surface area contributed by atoms with Crippen LogP contribution in [0.3, 0.4) is 0 Å². The minimum atomic E-state index is -0.727. The van der Waals surface area contributed by atoms with Crippen LogP contribution in [0, 0.1) is 0 Å². The second-order valence-electron chi connectivity index (χ2n) is 5.94. The fourth-order valence-corrected chi connectivity index (χ4v) is 4.08. The molecule has 0 saturated carbocycles. The number of hydrogen-bond acceptors (Lipinski definition) is 3. The summed E-state index contributed by atoms with van der Waals surface area (Å²) in [5.74, 6) is -0.171. The van der Waals surface area contributed by atoms with Gasteiger partial charge in [-0.05, 0) is 33.7 Å². The highest BCUT2D eigenvalue weighted by atomic mass is 32.1. The van der Waals surface area contributed by atoms with Crippen molar-refractivity contribution in [3.8, 4) is 0 Å². The van der Waals surface area contributed by atoms with Crippen molar-refractivity contribution in [3.05, 3.63) is 83.2 Å². The molecule has 4 aromatic rings. The number of benzene rings is 3. The second-order valence-corrected chi connectivity index (χ2v) is 6.85. The number of nitrogens with one attached hydrogen (secondary N) is 1. The number of thiophene rings is 1. The van der Waals surface area contributed by atoms with Crippen LogP contribution >= 0.6 is 11.3 Å². The Morgan fingerprint density at radius 1 is 0.960 bits per heavy atom. The van der Waals surface area contributed by atoms with E-state index in [1.807, 2.05) is 72.1 Å². The summed E-state index contributed by atoms with van der Waals surface area (Å²) in [6.07, 6.45) is -0.727. The van der Waals surface area contributed by atoms with Crippen molar-refractivity contribution in [1.82, 2.24) is 5.32 Å². The maximum atomic E-state index is 12.6. The van der Waals surface area contributed by atoms with Crippen molar-refractivity contribution in [2.45, 2.75) is 6.10 Å². The lowest BCUT2D eigenvalue weighted by Crippen LogP contribution is -2.28. The van der Waals surface area contributed by atoms with Gasteiger partial charge in [0, 0.05) is 22.4 Å². The molecular weight excluding hydrogens is 330 g/mol. The summed E-state index contributed by atoms with van der Waals surface area (Å²) in [4.78, 5) is 12.6. The molecule has 1 amide bonds. The topological polar surface area (TPSA) is 49.3 Å². The monoisotopic (exact) mass is 347 g/mol. The van der Waals surface area contributed by atoms with Gasteiger partial charge in [0.25, 0.3) is 5.91 Å². The first-order valence-corrected chi connectivity index (χ1v) is 9.02. The standard InChI is InChI=1S/C21H17NO2S/c23-19(18-13-25-20-11-4-3-9-16(18)20)12-22-21(24)17-10-5-7-14-6-1-2-8-15(14)17/h1-11,13,19,23H,12H2,(H,22,24). The molecule has 0 aliphatic rings. The molecule has 1 atom stereocenters. The average Bonchev–Trinajstić information content (AvgIpc) is 3.09. The van der Waals surface area contributed by atoms with Gasteiger partial charge in [0.15, 0.2) is 0 Å². The summed E-state index contributed by atoms with van der Waals surface area (Å²) < 4.78 is 1.14. The first-order valence-electron chi connectivity index (χ1n) is 8.14. The van der Waals surface area contributed by atoms with Crippen molar-refractivity contribution in [2.75, 3.05) is 6.54 Å². The normalized spacial score (nSPS) is 12.4. The molecule has 3 aromatic carbocycles. The lowest BCUT2D eigenvalue weighted by Gasteiger charge is -2.12. The van der Waals surface area contributed by atoms with Crippen LogP contribution in [0.1, 0.15) is 22.0 Å². The van der Waals surface area contributed by atoms with Gasteiger partial charge in [-0.2, -0.15) is 0 Å². The van der Waals surface area contributed by atoms with Crippen molar-refractivity contribution < 1.29 is 9.90 Å². The zero-order chi connectivity index (χ0) is 17.2. The molecule has 4 heteroatoms. The Labute approximate surface area is 149 Å². The Morgan fingerprint density at radius 3 is 2.56 bits per heavy atom. The van der Waals surface area contributed by atoms with E-state index in [2.05, 4.69) is 5.32 Å². The van der Waals surface area contributed by atoms with Crippen LogP contribution in [0.2, 0.25) is 0 Å². The molecule has 124 valence electrons. The quantitative estimate of drug-likeness (QED) is 0.570. The molecule has 0 aliphatic heterocycles. The van der Waals surface area contributed by atoms with Crippen molar-refractivity contribution in [2.24, 2.45) is 0 Å². The smallest absolute Gasteiger partial charge is 0.252 e. The molecule has 25 heavy (non-hydrogen) atoms. The molecule has 0 radical (unpaired) electrons. The predicted molar refractivity (Wildman–Crippen MR) is 103 cm³/mol. The lowest BCUT2D eigenvalue weighted by atomic mass is 10.0. The number of hydrogen-bond donors (Lipinski definition) is 2. The first-order chi connectivity index (χ1) is 12.2. The Hall–Kier alpha value is -2.69. The van der Waals surface area contributed by atoms with E-state index in [0.29, 0.717) is 5.56 Å². The van der Waals surface area contributed by atoms with E-state index < -0.39 is 6.10 Å². The highest BCUT2D eigenvalue weighted by Crippen LogP contribution is 2.30. The molecule has 0 saturated heterocycles. The predicted octanol–water partition coefficient (Wildman–Crippen LogP) is 4.52. The Kier molecular flexibility index (Phi) is 4.22. The van der Waals surface area contributed by atoms with Gasteiger partial charge < -0.3 is 10.4 Å². The van der Waals surface area contributed by atoms with Gasteiger partial charge in [-0.1, -0.05) is 54.6 Å². The van der Waals surface area contributed by atoms with Gasteiger partial charge in [-0.25, -0.2) is 0 Å². The van der Waals surface area contributed by atoms with Gasteiger partial charge in [0.1, 0.15) is 0 Å². The molecule has 4 rings (SSSR count). The fraction of sp³-hybridized carbons (Fsp3) is 0.0952. The molecular formula is C21H17NO2S. The minimum Gasteiger partial charge on any atom is -0.387 e. The maximum Gasteiger partial charge on any atom is 0.252 e. The number of aliphatic hydroxyl groups excluding tert-OH is 1. The molecule has 0 spiro atoms. The van der Waals surface area contributed by atoms with Crippen molar-refractivity contribution >= 4 is 38.1 Å². The van der Waals surface area contributed by atoms with Crippen molar-refractivity contribution in [1.29, 1.82) is 0 Å². The summed E-state index contributed by atoms with van der Waals surface area (Å²) in [5, 5.41) is 18.3. The summed E-state index contributed by atoms with van der Waals surface area (Å²) >= 11 is 1.60. The van der Waals surface area contributed by atoms with E-state index in [-0.39, 0.29) is 12.5 Å². The first kappa shape index (κ1) is 15.8.